The van der Waals surface area contributed by atoms with Crippen LogP contribution in [0, 0.1) is 4.91 Å². The van der Waals surface area contributed by atoms with Crippen LogP contribution < -0.4 is 0 Å². The molecule has 0 fully saturated rings. The van der Waals surface area contributed by atoms with E-state index in [1.165, 1.54) is 0 Å². The maximum atomic E-state index is 9.47. The summed E-state index contributed by atoms with van der Waals surface area (Å²) in [5, 5.41) is 9.92. The minimum Gasteiger partial charge on any atom is -0.478 e. The van der Waals surface area contributed by atoms with E-state index in [0.717, 1.165) is 0 Å². The number of carboxylic acids is 1. The zero-order chi connectivity index (χ0) is 5.70. The molecule has 4 heteroatoms. The summed E-state index contributed by atoms with van der Waals surface area (Å²) in [6.45, 7) is 0. The molecule has 0 amide bonds. The van der Waals surface area contributed by atoms with Crippen molar-refractivity contribution in [2.45, 2.75) is 0 Å². The molecule has 7 heavy (non-hydrogen) atoms. The molecule has 0 aromatic rings. The van der Waals surface area contributed by atoms with Gasteiger partial charge >= 0.3 is 5.97 Å². The number of nitrogens with zero attached hydrogens (tertiary/aromatic N) is 1. The SMILES string of the molecule is O=NC=CC(=O)O. The largest absolute Gasteiger partial charge is 0.478 e. The smallest absolute Gasteiger partial charge is 0.329 e. The van der Waals surface area contributed by atoms with Crippen LogP contribution in [0.1, 0.15) is 0 Å². The van der Waals surface area contributed by atoms with Gasteiger partial charge in [-0.25, -0.2) is 4.79 Å². The van der Waals surface area contributed by atoms with Crippen LogP contribution in [0.3, 0.4) is 0 Å². The molecule has 0 saturated heterocycles. The monoisotopic (exact) mass is 101 g/mol. The topological polar surface area (TPSA) is 66.7 Å². The van der Waals surface area contributed by atoms with E-state index in [4.69, 9.17) is 10.0 Å². The summed E-state index contributed by atoms with van der Waals surface area (Å²) in [6.07, 6.45) is 1.33. The van der Waals surface area contributed by atoms with Crippen molar-refractivity contribution in [1.29, 1.82) is 0 Å². The van der Waals surface area contributed by atoms with Gasteiger partial charge in [-0.2, -0.15) is 0 Å². The van der Waals surface area contributed by atoms with Crippen LogP contribution in [0.4, 0.5) is 0 Å². The van der Waals surface area contributed by atoms with Gasteiger partial charge in [-0.15, -0.1) is 4.91 Å². The van der Waals surface area contributed by atoms with Crippen LogP contribution >= 0.6 is 0 Å². The minimum absolute atomic E-state index is 0.660. The second-order valence-corrected chi connectivity index (χ2v) is 0.759. The summed E-state index contributed by atoms with van der Waals surface area (Å²) in [5.74, 6) is -1.17. The highest BCUT2D eigenvalue weighted by molar-refractivity contribution is 5.79. The first-order valence-electron chi connectivity index (χ1n) is 1.49. The fourth-order valence-electron chi connectivity index (χ4n) is 0.0942. The van der Waals surface area contributed by atoms with E-state index in [0.29, 0.717) is 12.3 Å². The van der Waals surface area contributed by atoms with Crippen LogP contribution in [0.2, 0.25) is 0 Å². The third-order valence-corrected chi connectivity index (χ3v) is 0.278. The van der Waals surface area contributed by atoms with Gasteiger partial charge in [-0.3, -0.25) is 0 Å². The van der Waals surface area contributed by atoms with Gasteiger partial charge < -0.3 is 5.11 Å². The molecular weight excluding hydrogens is 98.0 g/mol. The highest BCUT2D eigenvalue weighted by atomic mass is 16.4. The van der Waals surface area contributed by atoms with Crippen LogP contribution in [0.5, 0.6) is 0 Å². The lowest BCUT2D eigenvalue weighted by Gasteiger charge is -1.68. The average molecular weight is 101 g/mol. The van der Waals surface area contributed by atoms with Gasteiger partial charge in [-0.05, 0) is 5.18 Å². The van der Waals surface area contributed by atoms with Gasteiger partial charge in [0, 0.05) is 6.08 Å². The molecule has 0 aromatic carbocycles. The molecule has 0 aliphatic heterocycles. The third kappa shape index (κ3) is 4.81. The van der Waals surface area contributed by atoms with E-state index in [1.54, 1.807) is 0 Å². The zero-order valence-electron chi connectivity index (χ0n) is 3.37. The fourth-order valence-corrected chi connectivity index (χ4v) is 0.0942. The highest BCUT2D eigenvalue weighted by Gasteiger charge is 1.80. The quantitative estimate of drug-likeness (QED) is 0.403. The molecular formula is C3H3NO3. The summed E-state index contributed by atoms with van der Waals surface area (Å²) in [4.78, 5) is 18.6. The van der Waals surface area contributed by atoms with Gasteiger partial charge in [-0.1, -0.05) is 0 Å². The van der Waals surface area contributed by atoms with E-state index >= 15 is 0 Å². The van der Waals surface area contributed by atoms with Crippen molar-refractivity contribution in [2.75, 3.05) is 0 Å². The predicted molar refractivity (Wildman–Crippen MR) is 22.6 cm³/mol. The molecule has 38 valence electrons. The lowest BCUT2D eigenvalue weighted by atomic mass is 10.6. The first kappa shape index (κ1) is 5.81. The molecule has 0 heterocycles. The lowest BCUT2D eigenvalue weighted by Crippen LogP contribution is -1.83. The van der Waals surface area contributed by atoms with Crippen molar-refractivity contribution >= 4 is 5.97 Å². The normalized spacial score (nSPS) is 9.14. The predicted octanol–water partition coefficient (Wildman–Crippen LogP) is 0.351. The van der Waals surface area contributed by atoms with E-state index in [1.807, 2.05) is 0 Å². The number of carboxylic acid groups (broad SMARTS) is 1. The Balaban J connectivity index is 3.46. The van der Waals surface area contributed by atoms with Crippen molar-refractivity contribution in [2.24, 2.45) is 5.18 Å². The van der Waals surface area contributed by atoms with Gasteiger partial charge in [0.1, 0.15) is 0 Å². The molecule has 0 unspecified atom stereocenters. The molecule has 0 bridgehead atoms. The van der Waals surface area contributed by atoms with Crippen molar-refractivity contribution in [3.05, 3.63) is 17.2 Å². The molecule has 1 N–H and O–H groups in total. The second-order valence-electron chi connectivity index (χ2n) is 0.759. The maximum absolute atomic E-state index is 9.47. The van der Waals surface area contributed by atoms with Gasteiger partial charge in [0.15, 0.2) is 0 Å². The molecule has 0 aliphatic carbocycles. The van der Waals surface area contributed by atoms with Crippen LogP contribution in [-0.4, -0.2) is 11.1 Å². The Hall–Kier alpha value is -1.19. The molecule has 0 rings (SSSR count). The first-order chi connectivity index (χ1) is 3.27. The number of hydrogen-bond donors (Lipinski definition) is 1. The number of aliphatic carboxylic acids is 1. The molecule has 0 radical (unpaired) electrons. The van der Waals surface area contributed by atoms with Gasteiger partial charge in [0.25, 0.3) is 0 Å². The third-order valence-electron chi connectivity index (χ3n) is 0.278. The Kier molecular flexibility index (Phi) is 2.50. The van der Waals surface area contributed by atoms with Crippen LogP contribution in [-0.2, 0) is 4.79 Å². The molecule has 0 aliphatic rings. The van der Waals surface area contributed by atoms with Gasteiger partial charge in [0.2, 0.25) is 0 Å². The Morgan fingerprint density at radius 1 is 1.71 bits per heavy atom. The summed E-state index contributed by atoms with van der Waals surface area (Å²) in [5.41, 5.74) is 0. The Morgan fingerprint density at radius 3 is 2.43 bits per heavy atom. The minimum atomic E-state index is -1.17. The highest BCUT2D eigenvalue weighted by Crippen LogP contribution is 1.70. The number of nitroso groups, excluding NO2 is 1. The summed E-state index contributed by atoms with van der Waals surface area (Å²) >= 11 is 0. The van der Waals surface area contributed by atoms with E-state index in [2.05, 4.69) is 5.18 Å². The molecule has 0 spiro atoms. The van der Waals surface area contributed by atoms with E-state index < -0.39 is 5.97 Å². The standard InChI is InChI=1S/C3H3NO3/c5-3(6)1-2-4-7/h1-2H,(H,5,6). The van der Waals surface area contributed by atoms with Crippen molar-refractivity contribution < 1.29 is 9.90 Å². The summed E-state index contributed by atoms with van der Waals surface area (Å²) < 4.78 is 0. The fraction of sp³-hybridized carbons (Fsp3) is 0. The molecule has 4 nitrogen and oxygen atoms in total. The lowest BCUT2D eigenvalue weighted by molar-refractivity contribution is -0.131. The van der Waals surface area contributed by atoms with Crippen LogP contribution in [0.15, 0.2) is 17.5 Å². The number of rotatable bonds is 2. The maximum Gasteiger partial charge on any atom is 0.329 e. The van der Waals surface area contributed by atoms with E-state index in [-0.39, 0.29) is 0 Å². The van der Waals surface area contributed by atoms with Crippen LogP contribution in [0.25, 0.3) is 0 Å². The molecule has 0 saturated carbocycles. The number of carbonyl (C=O) groups is 1. The Morgan fingerprint density at radius 2 is 2.29 bits per heavy atom. The van der Waals surface area contributed by atoms with Crippen molar-refractivity contribution in [3.8, 4) is 0 Å². The average Bonchev–Trinajstić information content (AvgIpc) is 1.61. The number of hydrogen-bond acceptors (Lipinski definition) is 3. The summed E-state index contributed by atoms with van der Waals surface area (Å²) in [6, 6.07) is 0. The second kappa shape index (κ2) is 3.02. The Bertz CT molecular complexity index is 107. The molecule has 0 atom stereocenters. The van der Waals surface area contributed by atoms with Crippen molar-refractivity contribution in [3.63, 3.8) is 0 Å². The van der Waals surface area contributed by atoms with E-state index in [9.17, 15) is 4.79 Å². The first-order valence-corrected chi connectivity index (χ1v) is 1.49. The van der Waals surface area contributed by atoms with Gasteiger partial charge in [0.05, 0.1) is 6.20 Å². The zero-order valence-corrected chi connectivity index (χ0v) is 3.37. The summed E-state index contributed by atoms with van der Waals surface area (Å²) in [7, 11) is 0. The van der Waals surface area contributed by atoms with Crippen molar-refractivity contribution in [1.82, 2.24) is 0 Å². The Labute approximate surface area is 39.4 Å². The molecule has 0 aromatic heterocycles.